The Bertz CT molecular complexity index is 2030. The number of amidine groups is 2. The largest absolute Gasteiger partial charge is 0.338 e. The van der Waals surface area contributed by atoms with E-state index in [9.17, 15) is 16.8 Å². The molecule has 2 fully saturated rings. The average molecular weight is 927 g/mol. The molecule has 64 heavy (non-hydrogen) atoms. The van der Waals surface area contributed by atoms with E-state index in [-0.39, 0.29) is 27.5 Å². The van der Waals surface area contributed by atoms with E-state index in [1.807, 2.05) is 42.0 Å². The second kappa shape index (κ2) is 25.7. The molecule has 18 heteroatoms. The third kappa shape index (κ3) is 14.5. The summed E-state index contributed by atoms with van der Waals surface area (Å²) in [7, 11) is 0.143. The standard InChI is InChI=1S/C46H74N10O6S2/c1-7-47-45(49-27-21-29-53(3)4)61-51-43-39-25-23-37(63(57,58)55-31-17-13-9-10-14-18-32-55)35-41(39)44(52-62-46(48-8-2)50-28-22-30-54(5)6)42-36-38(24-26-40(42)43)64(59,60)56-33-19-15-11-12-16-20-34-56/h23-26,35-36H,7-22,27-34H2,1-6H3,(H,47,49)(H,48,50). The van der Waals surface area contributed by atoms with Gasteiger partial charge in [-0.05, 0) is 118 Å². The molecule has 0 spiro atoms. The summed E-state index contributed by atoms with van der Waals surface area (Å²) >= 11 is 0. The summed E-state index contributed by atoms with van der Waals surface area (Å²) in [5, 5.41) is 15.8. The summed E-state index contributed by atoms with van der Waals surface area (Å²) in [4.78, 5) is 25.9. The highest BCUT2D eigenvalue weighted by atomic mass is 32.2. The zero-order chi connectivity index (χ0) is 46.0. The minimum absolute atomic E-state index is 0.0995. The Labute approximate surface area is 383 Å². The number of oxime groups is 2. The maximum Gasteiger partial charge on any atom is 0.314 e. The molecule has 0 unspecified atom stereocenters. The van der Waals surface area contributed by atoms with Crippen LogP contribution in [0.25, 0.3) is 0 Å². The minimum Gasteiger partial charge on any atom is -0.338 e. The normalized spacial score (nSPS) is 17.9. The SMILES string of the molecule is CCNC(=NCCCN(C)C)ON=C1c2ccc(S(=O)(=O)N3CCCCCCCC3)cc2C(=NOC(=NCCCN(C)C)NCC)c2cc(S(=O)(=O)N3CCCCCCCC3)ccc21. The molecule has 2 aliphatic heterocycles. The van der Waals surface area contributed by atoms with Gasteiger partial charge in [0.2, 0.25) is 20.0 Å². The Balaban J connectivity index is 1.71. The van der Waals surface area contributed by atoms with Gasteiger partial charge in [0, 0.05) is 74.6 Å². The van der Waals surface area contributed by atoms with Gasteiger partial charge < -0.3 is 30.1 Å². The quantitative estimate of drug-likeness (QED) is 0.0745. The van der Waals surface area contributed by atoms with E-state index in [4.69, 9.17) is 20.0 Å². The van der Waals surface area contributed by atoms with Gasteiger partial charge >= 0.3 is 12.0 Å². The Morgan fingerprint density at radius 2 is 0.891 bits per heavy atom. The molecule has 356 valence electrons. The zero-order valence-corrected chi connectivity index (χ0v) is 40.9. The first-order valence-corrected chi connectivity index (χ1v) is 26.4. The number of benzene rings is 2. The summed E-state index contributed by atoms with van der Waals surface area (Å²) in [6.45, 7) is 9.33. The van der Waals surface area contributed by atoms with Crippen LogP contribution in [0.3, 0.4) is 0 Å². The Kier molecular flexibility index (Phi) is 20.5. The lowest BCUT2D eigenvalue weighted by Crippen LogP contribution is -2.34. The van der Waals surface area contributed by atoms with Crippen LogP contribution in [0, 0.1) is 0 Å². The molecule has 0 amide bonds. The molecule has 0 atom stereocenters. The smallest absolute Gasteiger partial charge is 0.314 e. The van der Waals surface area contributed by atoms with E-state index in [0.29, 0.717) is 80.3 Å². The second-order valence-electron chi connectivity index (χ2n) is 17.3. The molecular formula is C46H74N10O6S2. The van der Waals surface area contributed by atoms with Gasteiger partial charge in [0.15, 0.2) is 0 Å². The van der Waals surface area contributed by atoms with E-state index in [1.165, 1.54) is 0 Å². The Hall–Kier alpha value is -3.94. The van der Waals surface area contributed by atoms with Crippen molar-refractivity contribution in [3.63, 3.8) is 0 Å². The van der Waals surface area contributed by atoms with Crippen LogP contribution in [-0.4, -0.2) is 152 Å². The molecule has 2 saturated heterocycles. The van der Waals surface area contributed by atoms with E-state index < -0.39 is 20.0 Å². The highest BCUT2D eigenvalue weighted by Crippen LogP contribution is 2.34. The monoisotopic (exact) mass is 927 g/mol. The molecular weight excluding hydrogens is 853 g/mol. The Morgan fingerprint density at radius 3 is 1.23 bits per heavy atom. The summed E-state index contributed by atoms with van der Waals surface area (Å²) in [6.07, 6.45) is 13.0. The molecule has 16 nitrogen and oxygen atoms in total. The van der Waals surface area contributed by atoms with Crippen LogP contribution in [-0.2, 0) is 29.7 Å². The van der Waals surface area contributed by atoms with E-state index in [1.54, 1.807) is 45.0 Å². The van der Waals surface area contributed by atoms with Gasteiger partial charge in [-0.1, -0.05) is 73.8 Å². The summed E-state index contributed by atoms with van der Waals surface area (Å²) in [6, 6.07) is 10.3. The van der Waals surface area contributed by atoms with Crippen LogP contribution >= 0.6 is 0 Å². The van der Waals surface area contributed by atoms with Crippen LogP contribution in [0.5, 0.6) is 0 Å². The number of sulfonamides is 2. The molecule has 0 aromatic heterocycles. The van der Waals surface area contributed by atoms with Gasteiger partial charge in [-0.2, -0.15) is 8.61 Å². The van der Waals surface area contributed by atoms with Crippen LogP contribution in [0.4, 0.5) is 0 Å². The number of hydrogen-bond acceptors (Lipinski definition) is 12. The number of nitrogens with zero attached hydrogens (tertiary/aromatic N) is 8. The second-order valence-corrected chi connectivity index (χ2v) is 21.2. The first-order valence-electron chi connectivity index (χ1n) is 23.5. The maximum atomic E-state index is 14.6. The van der Waals surface area contributed by atoms with Crippen molar-refractivity contribution in [1.82, 2.24) is 29.0 Å². The van der Waals surface area contributed by atoms with Gasteiger partial charge in [0.05, 0.1) is 9.79 Å². The third-order valence-corrected chi connectivity index (χ3v) is 15.3. The van der Waals surface area contributed by atoms with Crippen molar-refractivity contribution >= 4 is 43.5 Å². The molecule has 2 aromatic rings. The van der Waals surface area contributed by atoms with Crippen molar-refractivity contribution in [1.29, 1.82) is 0 Å². The molecule has 0 radical (unpaired) electrons. The summed E-state index contributed by atoms with van der Waals surface area (Å²) in [5.74, 6) is 0. The molecule has 0 saturated carbocycles. The number of fused-ring (bicyclic) bond motifs is 2. The highest BCUT2D eigenvalue weighted by molar-refractivity contribution is 7.89. The predicted octanol–water partition coefficient (Wildman–Crippen LogP) is 6.06. The van der Waals surface area contributed by atoms with Crippen molar-refractivity contribution in [2.75, 3.05) is 93.6 Å². The average Bonchev–Trinajstić information content (AvgIpc) is 3.51. The molecule has 2 aromatic carbocycles. The highest BCUT2D eigenvalue weighted by Gasteiger charge is 2.34. The third-order valence-electron chi connectivity index (χ3n) is 11.5. The van der Waals surface area contributed by atoms with Crippen molar-refractivity contribution < 1.29 is 26.5 Å². The zero-order valence-electron chi connectivity index (χ0n) is 39.3. The van der Waals surface area contributed by atoms with E-state index in [2.05, 4.69) is 30.4 Å². The van der Waals surface area contributed by atoms with Crippen molar-refractivity contribution in [3.8, 4) is 0 Å². The molecule has 3 aliphatic rings. The van der Waals surface area contributed by atoms with Crippen LogP contribution in [0.1, 0.15) is 126 Å². The summed E-state index contributed by atoms with van der Waals surface area (Å²) < 4.78 is 61.5. The van der Waals surface area contributed by atoms with Gasteiger partial charge in [0.1, 0.15) is 11.4 Å². The van der Waals surface area contributed by atoms with Crippen molar-refractivity contribution in [3.05, 3.63) is 58.7 Å². The molecule has 5 rings (SSSR count). The number of hydrogen-bond donors (Lipinski definition) is 2. The molecule has 0 bridgehead atoms. The maximum absolute atomic E-state index is 14.6. The van der Waals surface area contributed by atoms with Gasteiger partial charge in [-0.15, -0.1) is 0 Å². The first-order chi connectivity index (χ1) is 30.9. The number of aliphatic imine (C=N–C) groups is 2. The fraction of sp³-hybridized carbons (Fsp3) is 0.652. The number of rotatable bonds is 16. The van der Waals surface area contributed by atoms with Gasteiger partial charge in [-0.3, -0.25) is 0 Å². The lowest BCUT2D eigenvalue weighted by Gasteiger charge is -2.26. The topological polar surface area (TPSA) is 173 Å². The van der Waals surface area contributed by atoms with Crippen LogP contribution < -0.4 is 10.6 Å². The summed E-state index contributed by atoms with van der Waals surface area (Å²) in [5.41, 5.74) is 2.47. The molecule has 2 N–H and O–H groups in total. The van der Waals surface area contributed by atoms with Crippen molar-refractivity contribution in [2.45, 2.75) is 114 Å². The first kappa shape index (κ1) is 51.1. The van der Waals surface area contributed by atoms with E-state index in [0.717, 1.165) is 103 Å². The van der Waals surface area contributed by atoms with E-state index >= 15 is 0 Å². The molecule has 2 heterocycles. The van der Waals surface area contributed by atoms with Gasteiger partial charge in [0.25, 0.3) is 0 Å². The lowest BCUT2D eigenvalue weighted by atomic mass is 9.83. The fourth-order valence-electron chi connectivity index (χ4n) is 8.08. The fourth-order valence-corrected chi connectivity index (χ4v) is 11.2. The number of nitrogens with one attached hydrogen (secondary N) is 2. The van der Waals surface area contributed by atoms with Crippen LogP contribution in [0.2, 0.25) is 0 Å². The molecule has 1 aliphatic carbocycles. The van der Waals surface area contributed by atoms with Gasteiger partial charge in [-0.25, -0.2) is 26.8 Å². The van der Waals surface area contributed by atoms with Crippen molar-refractivity contribution in [2.24, 2.45) is 20.3 Å². The minimum atomic E-state index is -3.95. The Morgan fingerprint density at radius 1 is 0.547 bits per heavy atom. The predicted molar refractivity (Wildman–Crippen MR) is 258 cm³/mol. The van der Waals surface area contributed by atoms with Crippen LogP contribution in [0.15, 0.2) is 66.5 Å². The lowest BCUT2D eigenvalue weighted by molar-refractivity contribution is 0.307.